The van der Waals surface area contributed by atoms with Crippen LogP contribution < -0.4 is 9.47 Å². The summed E-state index contributed by atoms with van der Waals surface area (Å²) in [6.45, 7) is 0. The van der Waals surface area contributed by atoms with Crippen molar-refractivity contribution in [3.05, 3.63) is 23.8 Å². The van der Waals surface area contributed by atoms with Gasteiger partial charge in [-0.25, -0.2) is 0 Å². The number of ether oxygens (including phenoxy) is 2. The van der Waals surface area contributed by atoms with Gasteiger partial charge in [-0.05, 0) is 18.2 Å². The first-order chi connectivity index (χ1) is 9.15. The minimum absolute atomic E-state index is 0.117. The molecular weight excluding hydrogens is 284 g/mol. The summed E-state index contributed by atoms with van der Waals surface area (Å²) in [6.07, 6.45) is 1.54. The molecule has 1 aliphatic rings. The van der Waals surface area contributed by atoms with Gasteiger partial charge in [0.2, 0.25) is 0 Å². The molecule has 0 unspecified atom stereocenters. The van der Waals surface area contributed by atoms with E-state index in [1.807, 2.05) is 0 Å². The summed E-state index contributed by atoms with van der Waals surface area (Å²) in [5, 5.41) is 5.32. The van der Waals surface area contributed by atoms with Crippen molar-refractivity contribution >= 4 is 40.4 Å². The molecule has 1 aliphatic heterocycles. The summed E-state index contributed by atoms with van der Waals surface area (Å²) in [5.41, 5.74) is 0.717. The molecule has 0 radical (unpaired) electrons. The predicted octanol–water partition coefficient (Wildman–Crippen LogP) is 1.90. The molecule has 1 fully saturated rings. The summed E-state index contributed by atoms with van der Waals surface area (Å²) >= 11 is 6.35. The highest BCUT2D eigenvalue weighted by Gasteiger charge is 2.26. The van der Waals surface area contributed by atoms with Crippen molar-refractivity contribution in [1.82, 2.24) is 5.01 Å². The molecule has 1 aromatic rings. The zero-order valence-electron chi connectivity index (χ0n) is 10.5. The van der Waals surface area contributed by atoms with Gasteiger partial charge in [-0.3, -0.25) is 4.79 Å². The Morgan fingerprint density at radius 1 is 1.42 bits per heavy atom. The maximum atomic E-state index is 11.5. The van der Waals surface area contributed by atoms with Crippen LogP contribution in [0.4, 0.5) is 0 Å². The van der Waals surface area contributed by atoms with Crippen LogP contribution in [0, 0.1) is 0 Å². The number of carbonyl (C=O) groups is 1. The van der Waals surface area contributed by atoms with Crippen LogP contribution in [0.1, 0.15) is 5.56 Å². The fraction of sp³-hybridized carbons (Fsp3) is 0.250. The molecule has 2 rings (SSSR count). The fourth-order valence-electron chi connectivity index (χ4n) is 1.52. The van der Waals surface area contributed by atoms with Crippen molar-refractivity contribution < 1.29 is 14.3 Å². The number of thioether (sulfide) groups is 1. The number of thiocarbonyl (C=S) groups is 1. The molecule has 0 saturated carbocycles. The first kappa shape index (κ1) is 13.8. The molecule has 1 heterocycles. The third-order valence-corrected chi connectivity index (χ3v) is 3.82. The van der Waals surface area contributed by atoms with Gasteiger partial charge >= 0.3 is 0 Å². The molecule has 1 amide bonds. The van der Waals surface area contributed by atoms with Crippen LogP contribution in [0.15, 0.2) is 23.3 Å². The van der Waals surface area contributed by atoms with E-state index in [1.165, 1.54) is 23.0 Å². The number of methoxy groups -OCH3 is 2. The van der Waals surface area contributed by atoms with Crippen molar-refractivity contribution in [2.24, 2.45) is 5.10 Å². The minimum atomic E-state index is -0.117. The van der Waals surface area contributed by atoms with Crippen LogP contribution in [-0.2, 0) is 4.79 Å². The van der Waals surface area contributed by atoms with Crippen LogP contribution in [0.3, 0.4) is 0 Å². The van der Waals surface area contributed by atoms with E-state index in [-0.39, 0.29) is 5.91 Å². The van der Waals surface area contributed by atoms with Gasteiger partial charge in [-0.15, -0.1) is 0 Å². The van der Waals surface area contributed by atoms with Gasteiger partial charge < -0.3 is 9.47 Å². The topological polar surface area (TPSA) is 51.1 Å². The van der Waals surface area contributed by atoms with Crippen LogP contribution in [0.5, 0.6) is 11.5 Å². The normalized spacial score (nSPS) is 15.4. The van der Waals surface area contributed by atoms with E-state index in [9.17, 15) is 4.79 Å². The van der Waals surface area contributed by atoms with Gasteiger partial charge in [0.25, 0.3) is 5.91 Å². The number of hydrogen-bond donors (Lipinski definition) is 0. The Kier molecular flexibility index (Phi) is 4.39. The molecule has 19 heavy (non-hydrogen) atoms. The van der Waals surface area contributed by atoms with E-state index in [0.717, 1.165) is 0 Å². The Morgan fingerprint density at radius 3 is 2.79 bits per heavy atom. The van der Waals surface area contributed by atoms with Crippen LogP contribution >= 0.6 is 24.0 Å². The van der Waals surface area contributed by atoms with Crippen LogP contribution in [0.2, 0.25) is 0 Å². The maximum absolute atomic E-state index is 11.5. The number of amides is 1. The number of carbonyl (C=O) groups excluding carboxylic acids is 1. The summed E-state index contributed by atoms with van der Waals surface area (Å²) in [4.78, 5) is 11.5. The molecule has 1 saturated heterocycles. The van der Waals surface area contributed by atoms with E-state index in [0.29, 0.717) is 27.1 Å². The molecule has 0 aliphatic carbocycles. The quantitative estimate of drug-likeness (QED) is 0.627. The van der Waals surface area contributed by atoms with E-state index >= 15 is 0 Å². The molecule has 7 heteroatoms. The average molecular weight is 296 g/mol. The lowest BCUT2D eigenvalue weighted by molar-refractivity contribution is -0.123. The minimum Gasteiger partial charge on any atom is -0.497 e. The third kappa shape index (κ3) is 3.05. The zero-order chi connectivity index (χ0) is 13.8. The SMILES string of the molecule is COc1ccc(OC)c(C=NN2C(=O)CSC2=S)c1. The van der Waals surface area contributed by atoms with Crippen molar-refractivity contribution in [2.75, 3.05) is 20.0 Å². The van der Waals surface area contributed by atoms with Crippen molar-refractivity contribution in [3.8, 4) is 11.5 Å². The number of rotatable bonds is 4. The third-order valence-electron chi connectivity index (χ3n) is 2.48. The highest BCUT2D eigenvalue weighted by molar-refractivity contribution is 8.23. The largest absolute Gasteiger partial charge is 0.497 e. The summed E-state index contributed by atoms with van der Waals surface area (Å²) < 4.78 is 10.8. The highest BCUT2D eigenvalue weighted by Crippen LogP contribution is 2.23. The van der Waals surface area contributed by atoms with E-state index in [2.05, 4.69) is 5.10 Å². The Morgan fingerprint density at radius 2 is 2.21 bits per heavy atom. The lowest BCUT2D eigenvalue weighted by Gasteiger charge is -2.09. The van der Waals surface area contributed by atoms with Gasteiger partial charge in [-0.1, -0.05) is 24.0 Å². The Hall–Kier alpha value is -1.60. The predicted molar refractivity (Wildman–Crippen MR) is 79.0 cm³/mol. The second kappa shape index (κ2) is 6.03. The molecular formula is C12H12N2O3S2. The first-order valence-electron chi connectivity index (χ1n) is 5.41. The molecule has 0 N–H and O–H groups in total. The average Bonchev–Trinajstić information content (AvgIpc) is 2.75. The van der Waals surface area contributed by atoms with Crippen LogP contribution in [0.25, 0.3) is 0 Å². The lowest BCUT2D eigenvalue weighted by atomic mass is 10.2. The zero-order valence-corrected chi connectivity index (χ0v) is 12.1. The summed E-state index contributed by atoms with van der Waals surface area (Å²) in [5.74, 6) is 1.56. The van der Waals surface area contributed by atoms with E-state index in [1.54, 1.807) is 32.4 Å². The number of hydrazone groups is 1. The number of hydrogen-bond acceptors (Lipinski definition) is 6. The second-order valence-corrected chi connectivity index (χ2v) is 5.22. The highest BCUT2D eigenvalue weighted by atomic mass is 32.2. The monoisotopic (exact) mass is 296 g/mol. The van der Waals surface area contributed by atoms with Gasteiger partial charge in [0.15, 0.2) is 4.32 Å². The maximum Gasteiger partial charge on any atom is 0.259 e. The molecule has 1 aromatic carbocycles. The Bertz CT molecular complexity index is 530. The van der Waals surface area contributed by atoms with Crippen molar-refractivity contribution in [2.45, 2.75) is 0 Å². The molecule has 0 aromatic heterocycles. The van der Waals surface area contributed by atoms with Gasteiger partial charge in [-0.2, -0.15) is 10.1 Å². The first-order valence-corrected chi connectivity index (χ1v) is 6.81. The molecule has 100 valence electrons. The lowest BCUT2D eigenvalue weighted by Crippen LogP contribution is -2.22. The fourth-order valence-corrected chi connectivity index (χ4v) is 2.49. The van der Waals surface area contributed by atoms with Gasteiger partial charge in [0.05, 0.1) is 26.2 Å². The van der Waals surface area contributed by atoms with Gasteiger partial charge in [0, 0.05) is 5.56 Å². The van der Waals surface area contributed by atoms with Crippen LogP contribution in [-0.4, -0.2) is 41.4 Å². The Labute approximate surface area is 120 Å². The molecule has 0 spiro atoms. The molecule has 5 nitrogen and oxygen atoms in total. The Balaban J connectivity index is 2.26. The number of nitrogens with zero attached hydrogens (tertiary/aromatic N) is 2. The summed E-state index contributed by atoms with van der Waals surface area (Å²) in [7, 11) is 3.15. The summed E-state index contributed by atoms with van der Waals surface area (Å²) in [6, 6.07) is 5.34. The van der Waals surface area contributed by atoms with E-state index in [4.69, 9.17) is 21.7 Å². The van der Waals surface area contributed by atoms with Gasteiger partial charge in [0.1, 0.15) is 11.5 Å². The van der Waals surface area contributed by atoms with E-state index < -0.39 is 0 Å². The molecule has 0 bridgehead atoms. The smallest absolute Gasteiger partial charge is 0.259 e. The standard InChI is InChI=1S/C12H12N2O3S2/c1-16-9-3-4-10(17-2)8(5-9)6-13-14-11(15)7-19-12(14)18/h3-6H,7H2,1-2H3. The van der Waals surface area contributed by atoms with Crippen molar-refractivity contribution in [3.63, 3.8) is 0 Å². The van der Waals surface area contributed by atoms with Crippen molar-refractivity contribution in [1.29, 1.82) is 0 Å². The second-order valence-electron chi connectivity index (χ2n) is 3.61. The number of benzene rings is 1. The molecule has 0 atom stereocenters.